The van der Waals surface area contributed by atoms with Gasteiger partial charge in [0, 0.05) is 25.1 Å². The minimum absolute atomic E-state index is 0.115. The van der Waals surface area contributed by atoms with Gasteiger partial charge in [0.25, 0.3) is 0 Å². The van der Waals surface area contributed by atoms with Crippen molar-refractivity contribution in [2.24, 2.45) is 0 Å². The summed E-state index contributed by atoms with van der Waals surface area (Å²) in [5, 5.41) is 10.1. The van der Waals surface area contributed by atoms with E-state index in [1.54, 1.807) is 7.11 Å². The predicted molar refractivity (Wildman–Crippen MR) is 90.8 cm³/mol. The van der Waals surface area contributed by atoms with Gasteiger partial charge in [-0.05, 0) is 18.1 Å². The third-order valence-electron chi connectivity index (χ3n) is 5.62. The Hall–Kier alpha value is -2.05. The second-order valence-electron chi connectivity index (χ2n) is 6.98. The minimum Gasteiger partial charge on any atom is -0.493 e. The van der Waals surface area contributed by atoms with Crippen LogP contribution < -0.4 is 9.47 Å². The third kappa shape index (κ3) is 2.51. The third-order valence-corrected chi connectivity index (χ3v) is 5.62. The summed E-state index contributed by atoms with van der Waals surface area (Å²) in [5.74, 6) is 1.27. The van der Waals surface area contributed by atoms with Gasteiger partial charge in [0.2, 0.25) is 0 Å². The van der Waals surface area contributed by atoms with E-state index >= 15 is 0 Å². The SMILES string of the molecule is COC(=O)CN1CC[C@@]23C=C[C@H](O)C[C@@H]2Oc2c(OC)ccc(c23)C1. The smallest absolute Gasteiger partial charge is 0.319 e. The number of rotatable bonds is 3. The van der Waals surface area contributed by atoms with Crippen molar-refractivity contribution in [3.63, 3.8) is 0 Å². The maximum atomic E-state index is 11.7. The largest absolute Gasteiger partial charge is 0.493 e. The molecular formula is C19H23NO5. The number of hydrogen-bond donors (Lipinski definition) is 1. The number of aliphatic hydroxyl groups excluding tert-OH is 1. The first-order valence-corrected chi connectivity index (χ1v) is 8.61. The molecule has 134 valence electrons. The Labute approximate surface area is 147 Å². The van der Waals surface area contributed by atoms with E-state index in [-0.39, 0.29) is 24.0 Å². The maximum Gasteiger partial charge on any atom is 0.319 e. The number of nitrogens with zero attached hydrogens (tertiary/aromatic N) is 1. The van der Waals surface area contributed by atoms with Gasteiger partial charge in [-0.15, -0.1) is 0 Å². The maximum absolute atomic E-state index is 11.7. The standard InChI is InChI=1S/C19H23NO5/c1-23-14-4-3-12-10-20(11-16(22)24-2)8-7-19-6-5-13(21)9-15(19)25-18(14)17(12)19/h3-6,13,15,21H,7-11H2,1-2H3/t13-,15-,19-/m0/s1. The molecule has 3 atom stereocenters. The molecule has 0 unspecified atom stereocenters. The average molecular weight is 345 g/mol. The van der Waals surface area contributed by atoms with Crippen LogP contribution in [0.25, 0.3) is 0 Å². The zero-order valence-electron chi connectivity index (χ0n) is 14.5. The van der Waals surface area contributed by atoms with E-state index in [1.165, 1.54) is 7.11 Å². The predicted octanol–water partition coefficient (Wildman–Crippen LogP) is 1.39. The Balaban J connectivity index is 1.80. The molecule has 1 N–H and O–H groups in total. The lowest BCUT2D eigenvalue weighted by molar-refractivity contribution is -0.142. The van der Waals surface area contributed by atoms with E-state index in [0.29, 0.717) is 13.0 Å². The van der Waals surface area contributed by atoms with E-state index in [4.69, 9.17) is 14.2 Å². The summed E-state index contributed by atoms with van der Waals surface area (Å²) >= 11 is 0. The fraction of sp³-hybridized carbons (Fsp3) is 0.526. The fourth-order valence-electron chi connectivity index (χ4n) is 4.38. The van der Waals surface area contributed by atoms with E-state index in [2.05, 4.69) is 17.0 Å². The van der Waals surface area contributed by atoms with Crippen LogP contribution in [0.15, 0.2) is 24.3 Å². The lowest BCUT2D eigenvalue weighted by Crippen LogP contribution is -2.43. The van der Waals surface area contributed by atoms with Crippen molar-refractivity contribution < 1.29 is 24.1 Å². The van der Waals surface area contributed by atoms with Gasteiger partial charge in [0.15, 0.2) is 11.5 Å². The quantitative estimate of drug-likeness (QED) is 0.660. The van der Waals surface area contributed by atoms with E-state index in [9.17, 15) is 9.90 Å². The molecule has 0 saturated heterocycles. The highest BCUT2D eigenvalue weighted by atomic mass is 16.5. The zero-order valence-corrected chi connectivity index (χ0v) is 14.5. The lowest BCUT2D eigenvalue weighted by atomic mass is 9.69. The summed E-state index contributed by atoms with van der Waals surface area (Å²) in [6.45, 7) is 1.69. The van der Waals surface area contributed by atoms with Crippen molar-refractivity contribution in [1.29, 1.82) is 0 Å². The molecule has 1 aromatic rings. The first-order valence-electron chi connectivity index (χ1n) is 8.61. The monoisotopic (exact) mass is 345 g/mol. The molecule has 3 aliphatic rings. The first kappa shape index (κ1) is 16.4. The van der Waals surface area contributed by atoms with Crippen molar-refractivity contribution in [3.8, 4) is 11.5 Å². The van der Waals surface area contributed by atoms with Crippen molar-refractivity contribution in [1.82, 2.24) is 4.90 Å². The molecule has 0 saturated carbocycles. The van der Waals surface area contributed by atoms with Crippen molar-refractivity contribution in [3.05, 3.63) is 35.4 Å². The van der Waals surface area contributed by atoms with Crippen molar-refractivity contribution in [2.45, 2.75) is 37.0 Å². The Bertz CT molecular complexity index is 731. The van der Waals surface area contributed by atoms with Crippen molar-refractivity contribution in [2.75, 3.05) is 27.3 Å². The van der Waals surface area contributed by atoms with Crippen LogP contribution in [0.5, 0.6) is 11.5 Å². The molecule has 6 nitrogen and oxygen atoms in total. The number of benzene rings is 1. The first-order chi connectivity index (χ1) is 12.1. The zero-order chi connectivity index (χ0) is 17.6. The second kappa shape index (κ2) is 6.04. The number of carbonyl (C=O) groups is 1. The Morgan fingerprint density at radius 1 is 1.44 bits per heavy atom. The summed E-state index contributed by atoms with van der Waals surface area (Å²) in [6.07, 6.45) is 4.75. The summed E-state index contributed by atoms with van der Waals surface area (Å²) in [7, 11) is 3.05. The molecule has 0 aromatic heterocycles. The normalized spacial score (nSPS) is 30.0. The van der Waals surface area contributed by atoms with Crippen LogP contribution in [0.1, 0.15) is 24.0 Å². The number of carbonyl (C=O) groups excluding carboxylic acids is 1. The van der Waals surface area contributed by atoms with E-state index in [0.717, 1.165) is 35.6 Å². The van der Waals surface area contributed by atoms with E-state index in [1.807, 2.05) is 12.1 Å². The lowest BCUT2D eigenvalue weighted by Gasteiger charge is -2.35. The van der Waals surface area contributed by atoms with Crippen LogP contribution in [0.3, 0.4) is 0 Å². The Morgan fingerprint density at radius 3 is 3.04 bits per heavy atom. The minimum atomic E-state index is -0.492. The van der Waals surface area contributed by atoms with Crippen molar-refractivity contribution >= 4 is 5.97 Å². The summed E-state index contributed by atoms with van der Waals surface area (Å²) < 4.78 is 16.6. The van der Waals surface area contributed by atoms with Crippen LogP contribution in [0.4, 0.5) is 0 Å². The molecule has 0 radical (unpaired) electrons. The molecule has 0 amide bonds. The van der Waals surface area contributed by atoms with Crippen LogP contribution >= 0.6 is 0 Å². The number of methoxy groups -OCH3 is 2. The molecule has 1 spiro atoms. The molecule has 6 heteroatoms. The molecular weight excluding hydrogens is 322 g/mol. The van der Waals surface area contributed by atoms with Gasteiger partial charge in [-0.3, -0.25) is 9.69 Å². The average Bonchev–Trinajstić information content (AvgIpc) is 2.85. The van der Waals surface area contributed by atoms with Crippen LogP contribution in [0, 0.1) is 0 Å². The van der Waals surface area contributed by atoms with Gasteiger partial charge in [0.1, 0.15) is 6.10 Å². The fourth-order valence-corrected chi connectivity index (χ4v) is 4.38. The van der Waals surface area contributed by atoms with E-state index < -0.39 is 6.10 Å². The van der Waals surface area contributed by atoms with Gasteiger partial charge in [-0.25, -0.2) is 0 Å². The molecule has 2 heterocycles. The molecule has 2 aliphatic heterocycles. The van der Waals surface area contributed by atoms with Crippen LogP contribution in [-0.2, 0) is 21.5 Å². The van der Waals surface area contributed by atoms with Gasteiger partial charge in [-0.2, -0.15) is 0 Å². The van der Waals surface area contributed by atoms with Gasteiger partial charge in [-0.1, -0.05) is 18.2 Å². The van der Waals surface area contributed by atoms with Gasteiger partial charge in [0.05, 0.1) is 32.3 Å². The molecule has 1 aliphatic carbocycles. The highest BCUT2D eigenvalue weighted by Crippen LogP contribution is 2.55. The molecule has 0 bridgehead atoms. The Kier molecular flexibility index (Phi) is 3.96. The summed E-state index contributed by atoms with van der Waals surface area (Å²) in [6, 6.07) is 3.97. The summed E-state index contributed by atoms with van der Waals surface area (Å²) in [4.78, 5) is 13.8. The highest BCUT2D eigenvalue weighted by Gasteiger charge is 2.52. The molecule has 1 aromatic carbocycles. The molecule has 4 rings (SSSR count). The topological polar surface area (TPSA) is 68.2 Å². The number of esters is 1. The molecule has 0 fully saturated rings. The highest BCUT2D eigenvalue weighted by molar-refractivity contribution is 5.71. The number of ether oxygens (including phenoxy) is 3. The number of hydrogen-bond acceptors (Lipinski definition) is 6. The number of aliphatic hydroxyl groups is 1. The second-order valence-corrected chi connectivity index (χ2v) is 6.98. The Morgan fingerprint density at radius 2 is 2.28 bits per heavy atom. The van der Waals surface area contributed by atoms with Gasteiger partial charge < -0.3 is 19.3 Å². The van der Waals surface area contributed by atoms with Gasteiger partial charge >= 0.3 is 5.97 Å². The molecule has 25 heavy (non-hydrogen) atoms. The summed E-state index contributed by atoms with van der Waals surface area (Å²) in [5.41, 5.74) is 2.01. The van der Waals surface area contributed by atoms with Crippen LogP contribution in [0.2, 0.25) is 0 Å². The van der Waals surface area contributed by atoms with Crippen LogP contribution in [-0.4, -0.2) is 55.5 Å².